The van der Waals surface area contributed by atoms with Gasteiger partial charge in [0.2, 0.25) is 0 Å². The Kier molecular flexibility index (Phi) is 16.0. The molecule has 51 heavy (non-hydrogen) atoms. The third-order valence-electron chi connectivity index (χ3n) is 12.1. The first-order valence-electron chi connectivity index (χ1n) is 19.6. The van der Waals surface area contributed by atoms with E-state index in [-0.39, 0.29) is 53.7 Å². The van der Waals surface area contributed by atoms with Crippen molar-refractivity contribution < 1.29 is 49.0 Å². The van der Waals surface area contributed by atoms with Gasteiger partial charge < -0.3 is 24.8 Å². The van der Waals surface area contributed by atoms with Gasteiger partial charge in [-0.2, -0.15) is 0 Å². The molecular weight excluding hydrogens is 652 g/mol. The number of aryl methyl sites for hydroxylation is 2. The monoisotopic (exact) mass is 718 g/mol. The zero-order valence-corrected chi connectivity index (χ0v) is 32.7. The number of phenols is 1. The number of Topliss-reactive ketones (excluding diaryl/α,β-unsaturated/α-hetero) is 1. The Morgan fingerprint density at radius 3 is 2.33 bits per heavy atom. The highest BCUT2D eigenvalue weighted by molar-refractivity contribution is 5.94. The smallest absolute Gasteiger partial charge is 0.390 e. The number of aliphatic hydroxyl groups is 2. The molecular formula is C41H66O10. The van der Waals surface area contributed by atoms with E-state index in [9.17, 15) is 29.7 Å². The fourth-order valence-corrected chi connectivity index (χ4v) is 8.30. The number of aliphatic hydroxyl groups excluding tert-OH is 1. The molecule has 10 atom stereocenters. The highest BCUT2D eigenvalue weighted by atomic mass is 17.2. The van der Waals surface area contributed by atoms with Crippen molar-refractivity contribution in [3.63, 3.8) is 0 Å². The molecule has 0 bridgehead atoms. The van der Waals surface area contributed by atoms with Crippen molar-refractivity contribution >= 4 is 17.7 Å². The Morgan fingerprint density at radius 2 is 1.73 bits per heavy atom. The van der Waals surface area contributed by atoms with Gasteiger partial charge in [0.15, 0.2) is 0 Å². The van der Waals surface area contributed by atoms with E-state index in [0.29, 0.717) is 56.1 Å². The molecule has 0 spiro atoms. The number of phenolic OH excluding ortho intramolecular Hbond substituents is 1. The summed E-state index contributed by atoms with van der Waals surface area (Å²) in [7, 11) is 0. The van der Waals surface area contributed by atoms with Gasteiger partial charge in [0.1, 0.15) is 17.1 Å². The Hall–Kier alpha value is -2.53. The maximum absolute atomic E-state index is 14.1. The maximum atomic E-state index is 14.1. The van der Waals surface area contributed by atoms with Gasteiger partial charge in [-0.1, -0.05) is 79.9 Å². The van der Waals surface area contributed by atoms with Crippen LogP contribution in [0, 0.1) is 30.6 Å². The van der Waals surface area contributed by atoms with Crippen LogP contribution in [0.2, 0.25) is 0 Å². The number of benzene rings is 1. The fourth-order valence-electron chi connectivity index (χ4n) is 8.30. The first-order valence-corrected chi connectivity index (χ1v) is 19.6. The second-order valence-corrected chi connectivity index (χ2v) is 15.6. The van der Waals surface area contributed by atoms with Crippen molar-refractivity contribution in [2.45, 2.75) is 181 Å². The second-order valence-electron chi connectivity index (χ2n) is 15.6. The molecule has 10 nitrogen and oxygen atoms in total. The Labute approximate surface area is 305 Å². The van der Waals surface area contributed by atoms with Crippen molar-refractivity contribution in [2.24, 2.45) is 23.7 Å². The molecule has 0 saturated carbocycles. The summed E-state index contributed by atoms with van der Waals surface area (Å²) in [6, 6.07) is 3.42. The van der Waals surface area contributed by atoms with Gasteiger partial charge in [-0.05, 0) is 94.6 Å². The maximum Gasteiger partial charge on any atom is 0.390 e. The molecule has 290 valence electrons. The zero-order chi connectivity index (χ0) is 38.1. The molecule has 0 aromatic heterocycles. The standard InChI is InChI=1S/C41H66O10/c1-10-14-15-16-17-33(42)50-51-39(46)34-30(21-19-26(6)36(34)44)20-18-25(5)35(43)28(8)37(45)31(11-2)38-27(7)24-41(13-4,49-38)32-22-23-40(47,12-3)29(9)48-32/h19,21,25,27-29,31-32,35,38,43-44,47H,10-18,20,22-24H2,1-9H3/t25-,27+,28+,29+,31+,32-,35+,38+,40-,41+/m1/s1. The van der Waals surface area contributed by atoms with Gasteiger partial charge in [0, 0.05) is 11.8 Å². The number of rotatable bonds is 18. The summed E-state index contributed by atoms with van der Waals surface area (Å²) in [5.74, 6) is -3.15. The lowest BCUT2D eigenvalue weighted by molar-refractivity contribution is -0.234. The van der Waals surface area contributed by atoms with Crippen LogP contribution in [0.1, 0.15) is 154 Å². The summed E-state index contributed by atoms with van der Waals surface area (Å²) in [5.41, 5.74) is -0.495. The van der Waals surface area contributed by atoms with Crippen LogP contribution < -0.4 is 0 Å². The van der Waals surface area contributed by atoms with E-state index in [1.165, 1.54) is 0 Å². The molecule has 0 radical (unpaired) electrons. The van der Waals surface area contributed by atoms with E-state index in [4.69, 9.17) is 19.2 Å². The molecule has 0 unspecified atom stereocenters. The second kappa shape index (κ2) is 19.0. The van der Waals surface area contributed by atoms with Crippen LogP contribution in [0.25, 0.3) is 0 Å². The van der Waals surface area contributed by atoms with Crippen molar-refractivity contribution in [1.29, 1.82) is 0 Å². The topological polar surface area (TPSA) is 149 Å². The highest BCUT2D eigenvalue weighted by Crippen LogP contribution is 2.48. The summed E-state index contributed by atoms with van der Waals surface area (Å²) in [5, 5.41) is 33.2. The van der Waals surface area contributed by atoms with Crippen molar-refractivity contribution in [2.75, 3.05) is 0 Å². The molecule has 0 aliphatic carbocycles. The number of unbranched alkanes of at least 4 members (excludes halogenated alkanes) is 3. The fraction of sp³-hybridized carbons (Fsp3) is 0.780. The molecule has 2 fully saturated rings. The minimum Gasteiger partial charge on any atom is -0.507 e. The summed E-state index contributed by atoms with van der Waals surface area (Å²) in [4.78, 5) is 48.8. The minimum atomic E-state index is -0.960. The van der Waals surface area contributed by atoms with Gasteiger partial charge in [-0.25, -0.2) is 19.4 Å². The van der Waals surface area contributed by atoms with Gasteiger partial charge in [0.05, 0.1) is 42.0 Å². The lowest BCUT2D eigenvalue weighted by atomic mass is 9.76. The number of carbonyl (C=O) groups excluding carboxylic acids is 3. The van der Waals surface area contributed by atoms with Crippen molar-refractivity contribution in [3.8, 4) is 5.75 Å². The van der Waals surface area contributed by atoms with Crippen LogP contribution in [0.3, 0.4) is 0 Å². The van der Waals surface area contributed by atoms with Crippen LogP contribution in [-0.2, 0) is 35.3 Å². The normalized spacial score (nSPS) is 28.8. The number of carbonyl (C=O) groups is 3. The summed E-state index contributed by atoms with van der Waals surface area (Å²) < 4.78 is 13.3. The van der Waals surface area contributed by atoms with E-state index in [2.05, 4.69) is 20.8 Å². The van der Waals surface area contributed by atoms with Gasteiger partial charge >= 0.3 is 11.9 Å². The molecule has 2 aliphatic rings. The lowest BCUT2D eigenvalue weighted by Crippen LogP contribution is -2.55. The van der Waals surface area contributed by atoms with Crippen LogP contribution in [0.5, 0.6) is 5.75 Å². The number of aromatic hydroxyl groups is 1. The molecule has 0 amide bonds. The Morgan fingerprint density at radius 1 is 1.02 bits per heavy atom. The number of hydrogen-bond donors (Lipinski definition) is 3. The Balaban J connectivity index is 1.65. The predicted octanol–water partition coefficient (Wildman–Crippen LogP) is 7.73. The molecule has 1 aromatic rings. The Bertz CT molecular complexity index is 1310. The number of ketones is 1. The van der Waals surface area contributed by atoms with Crippen LogP contribution in [-0.4, -0.2) is 68.7 Å². The minimum absolute atomic E-state index is 0.0346. The molecule has 2 saturated heterocycles. The zero-order valence-electron chi connectivity index (χ0n) is 32.7. The third kappa shape index (κ3) is 10.1. The van der Waals surface area contributed by atoms with Crippen molar-refractivity contribution in [3.05, 3.63) is 28.8 Å². The van der Waals surface area contributed by atoms with E-state index in [1.807, 2.05) is 27.7 Å². The van der Waals surface area contributed by atoms with Crippen LogP contribution >= 0.6 is 0 Å². The quantitative estimate of drug-likeness (QED) is 0.0782. The molecule has 10 heteroatoms. The first-order chi connectivity index (χ1) is 24.1. The molecule has 1 aromatic carbocycles. The van der Waals surface area contributed by atoms with Gasteiger partial charge in [-0.3, -0.25) is 4.79 Å². The summed E-state index contributed by atoms with van der Waals surface area (Å²) >= 11 is 0. The number of ether oxygens (including phenoxy) is 2. The molecule has 2 heterocycles. The number of hydrogen-bond acceptors (Lipinski definition) is 10. The SMILES string of the molecule is CCCCCCC(=O)OOC(=O)c1c(CC[C@@H](C)[C@H](O)[C@H](C)C(=O)[C@H](CC)[C@H]2O[C@](CC)([C@H]3CC[C@](O)(CC)[C@H](C)O3)C[C@@H]2C)ccc(C)c1O. The first kappa shape index (κ1) is 42.9. The third-order valence-corrected chi connectivity index (χ3v) is 12.1. The predicted molar refractivity (Wildman–Crippen MR) is 195 cm³/mol. The van der Waals surface area contributed by atoms with Gasteiger partial charge in [0.25, 0.3) is 0 Å². The van der Waals surface area contributed by atoms with E-state index >= 15 is 0 Å². The van der Waals surface area contributed by atoms with E-state index < -0.39 is 41.1 Å². The summed E-state index contributed by atoms with van der Waals surface area (Å²) in [6.07, 6.45) is 6.73. The van der Waals surface area contributed by atoms with Crippen molar-refractivity contribution in [1.82, 2.24) is 0 Å². The molecule has 3 rings (SSSR count). The van der Waals surface area contributed by atoms with E-state index in [0.717, 1.165) is 32.1 Å². The van der Waals surface area contributed by atoms with Crippen LogP contribution in [0.15, 0.2) is 12.1 Å². The van der Waals surface area contributed by atoms with E-state index in [1.54, 1.807) is 26.0 Å². The van der Waals surface area contributed by atoms with Gasteiger partial charge in [-0.15, -0.1) is 0 Å². The highest BCUT2D eigenvalue weighted by Gasteiger charge is 2.55. The summed E-state index contributed by atoms with van der Waals surface area (Å²) in [6.45, 7) is 17.5. The van der Waals surface area contributed by atoms with Crippen LogP contribution in [0.4, 0.5) is 0 Å². The lowest BCUT2D eigenvalue weighted by Gasteiger charge is -2.47. The molecule has 2 aliphatic heterocycles. The largest absolute Gasteiger partial charge is 0.507 e. The average molecular weight is 719 g/mol. The average Bonchev–Trinajstić information content (AvgIpc) is 3.46. The molecule has 3 N–H and O–H groups in total.